The number of H-pyrrole nitrogens is 1. The predicted octanol–water partition coefficient (Wildman–Crippen LogP) is 7.83. The second kappa shape index (κ2) is 18.6. The number of Topliss-reactive ketones (excluding diaryl/α,β-unsaturated/α-hetero) is 1. The third-order valence-electron chi connectivity index (χ3n) is 14.4. The number of β-amino-alcohol motifs (C(OH)–C–C–N with tert-alkyl or cyclic N) is 1. The molecule has 0 radical (unpaired) electrons. The molecule has 0 aliphatic carbocycles. The zero-order valence-electron chi connectivity index (χ0n) is 38.2. The minimum absolute atomic E-state index is 0.00866. The van der Waals surface area contributed by atoms with Gasteiger partial charge in [-0.05, 0) is 117 Å². The Kier molecular flexibility index (Phi) is 12.7. The number of aromatic nitrogens is 3. The van der Waals surface area contributed by atoms with Crippen molar-refractivity contribution < 1.29 is 33.4 Å². The first-order valence-electron chi connectivity index (χ1n) is 23.3. The molecule has 4 aliphatic heterocycles. The summed E-state index contributed by atoms with van der Waals surface area (Å²) in [6.45, 7) is 11.2. The van der Waals surface area contributed by atoms with Crippen LogP contribution in [0.5, 0.6) is 5.75 Å². The molecule has 2 atom stereocenters. The van der Waals surface area contributed by atoms with Crippen LogP contribution in [-0.4, -0.2) is 117 Å². The molecule has 0 unspecified atom stereocenters. The van der Waals surface area contributed by atoms with Crippen LogP contribution in [0, 0.1) is 30.0 Å². The van der Waals surface area contributed by atoms with Crippen molar-refractivity contribution in [2.24, 2.45) is 17.3 Å². The number of anilines is 2. The number of piperidine rings is 3. The summed E-state index contributed by atoms with van der Waals surface area (Å²) in [5, 5.41) is 14.2. The first kappa shape index (κ1) is 45.0. The van der Waals surface area contributed by atoms with E-state index in [9.17, 15) is 24.3 Å². The van der Waals surface area contributed by atoms with Gasteiger partial charge in [-0.1, -0.05) is 38.1 Å². The first-order valence-corrected chi connectivity index (χ1v) is 23.3. The molecule has 3 aromatic carbocycles. The average Bonchev–Trinajstić information content (AvgIpc) is 3.91. The number of amides is 4. The molecule has 3 N–H and O–H groups in total. The van der Waals surface area contributed by atoms with E-state index in [1.54, 1.807) is 28.0 Å². The van der Waals surface area contributed by atoms with Crippen LogP contribution in [0.3, 0.4) is 0 Å². The molecule has 9 rings (SSSR count). The van der Waals surface area contributed by atoms with Crippen molar-refractivity contribution in [2.45, 2.75) is 78.4 Å². The number of nitrogens with one attached hydrogen (secondary N) is 2. The number of carbonyl (C=O) groups excluding carboxylic acids is 4. The molecule has 4 saturated heterocycles. The number of halogens is 1. The monoisotopic (exact) mass is 898 g/mol. The van der Waals surface area contributed by atoms with Gasteiger partial charge in [-0.2, -0.15) is 0 Å². The Hall–Kier alpha value is -6.19. The van der Waals surface area contributed by atoms with Gasteiger partial charge < -0.3 is 34.8 Å². The molecular formula is C51H59FN8O6. The number of ether oxygens (including phenoxy) is 1. The van der Waals surface area contributed by atoms with E-state index < -0.39 is 11.9 Å². The number of hydrogen-bond acceptors (Lipinski definition) is 9. The van der Waals surface area contributed by atoms with Gasteiger partial charge in [0.1, 0.15) is 29.3 Å². The maximum atomic E-state index is 15.3. The fourth-order valence-electron chi connectivity index (χ4n) is 10.5. The quantitative estimate of drug-likeness (QED) is 0.119. The zero-order chi connectivity index (χ0) is 46.3. The van der Waals surface area contributed by atoms with E-state index in [2.05, 4.69) is 63.3 Å². The maximum absolute atomic E-state index is 15.3. The summed E-state index contributed by atoms with van der Waals surface area (Å²) in [6.07, 6.45) is 5.91. The minimum atomic E-state index is -0.586. The largest absolute Gasteiger partial charge is 0.495 e. The summed E-state index contributed by atoms with van der Waals surface area (Å²) in [6, 6.07) is 18.1. The molecule has 15 heteroatoms. The van der Waals surface area contributed by atoms with Crippen molar-refractivity contribution in [1.82, 2.24) is 29.7 Å². The Labute approximate surface area is 384 Å². The minimum Gasteiger partial charge on any atom is -0.495 e. The molecule has 0 saturated carbocycles. The fourth-order valence-corrected chi connectivity index (χ4v) is 10.5. The van der Waals surface area contributed by atoms with Crippen molar-refractivity contribution in [3.8, 4) is 28.3 Å². The third kappa shape index (κ3) is 9.28. The number of rotatable bonds is 10. The Morgan fingerprint density at radius 3 is 2.39 bits per heavy atom. The summed E-state index contributed by atoms with van der Waals surface area (Å²) in [4.78, 5) is 71.8. The van der Waals surface area contributed by atoms with Crippen molar-refractivity contribution >= 4 is 46.0 Å². The number of nitrogens with zero attached hydrogens (tertiary/aromatic N) is 6. The molecule has 66 heavy (non-hydrogen) atoms. The molecule has 5 aromatic rings. The van der Waals surface area contributed by atoms with Crippen LogP contribution in [0.25, 0.3) is 33.5 Å². The maximum Gasteiger partial charge on any atom is 0.321 e. The van der Waals surface area contributed by atoms with E-state index in [4.69, 9.17) is 4.74 Å². The van der Waals surface area contributed by atoms with Gasteiger partial charge in [0.25, 0.3) is 5.91 Å². The van der Waals surface area contributed by atoms with Gasteiger partial charge in [-0.15, -0.1) is 0 Å². The average molecular weight is 899 g/mol. The van der Waals surface area contributed by atoms with Crippen LogP contribution in [0.1, 0.15) is 80.3 Å². The van der Waals surface area contributed by atoms with Crippen molar-refractivity contribution in [2.75, 3.05) is 63.1 Å². The SMILES string of the molecule is COc1ccc(C(=O)N2CCC3(CCN(Cc4ccc(-c5cc6c(-c7cc(F)cc(NC(=O)N8C[C@H](CC(C)C)[C@@H](O)C8)c7C)ncnc6[nH]5)cc4)CC3)CC2)cc1N1CCC(=O)CC1=O. The van der Waals surface area contributed by atoms with E-state index in [0.29, 0.717) is 70.7 Å². The van der Waals surface area contributed by atoms with E-state index in [-0.39, 0.29) is 60.9 Å². The smallest absolute Gasteiger partial charge is 0.321 e. The summed E-state index contributed by atoms with van der Waals surface area (Å²) in [5.41, 5.74) is 7.07. The highest BCUT2D eigenvalue weighted by Crippen LogP contribution is 2.43. The number of likely N-dealkylation sites (tertiary alicyclic amines) is 3. The molecule has 14 nitrogen and oxygen atoms in total. The van der Waals surface area contributed by atoms with E-state index in [1.807, 2.05) is 17.9 Å². The van der Waals surface area contributed by atoms with Gasteiger partial charge >= 0.3 is 6.03 Å². The van der Waals surface area contributed by atoms with Crippen molar-refractivity contribution in [3.05, 3.63) is 89.5 Å². The molecule has 2 aromatic heterocycles. The summed E-state index contributed by atoms with van der Waals surface area (Å²) in [5.74, 6) is 0.0160. The summed E-state index contributed by atoms with van der Waals surface area (Å²) < 4.78 is 20.8. The van der Waals surface area contributed by atoms with Crippen LogP contribution >= 0.6 is 0 Å². The lowest BCUT2D eigenvalue weighted by Crippen LogP contribution is -2.48. The molecule has 6 heterocycles. The van der Waals surface area contributed by atoms with Crippen LogP contribution in [0.4, 0.5) is 20.6 Å². The van der Waals surface area contributed by atoms with Gasteiger partial charge in [0.05, 0.1) is 31.0 Å². The number of benzene rings is 3. The third-order valence-corrected chi connectivity index (χ3v) is 14.4. The normalized spacial score (nSPS) is 20.2. The van der Waals surface area contributed by atoms with Gasteiger partial charge in [0.2, 0.25) is 5.91 Å². The standard InChI is InChI=1S/C51H59FN8O6/c1-31(2)21-36-28-59(29-44(36)62)50(65)56-41-24-37(52)23-39(32(41)3)47-40-26-42(55-48(40)54-30-53-47)34-7-5-33(6-8-34)27-57-17-12-51(13-18-57)14-19-58(20-15-51)49(64)35-9-10-45(66-4)43(22-35)60-16-11-38(61)25-46(60)63/h5-10,22-24,26,30-31,36,44,62H,11-21,25,27-29H2,1-4H3,(H,56,65)(H,53,54,55)/t36-,44-/m0/s1. The molecule has 4 aliphatic rings. The number of aromatic amines is 1. The number of fused-ring (bicyclic) bond motifs is 1. The molecule has 346 valence electrons. The summed E-state index contributed by atoms with van der Waals surface area (Å²) in [7, 11) is 1.54. The Balaban J connectivity index is 0.804. The van der Waals surface area contributed by atoms with Gasteiger partial charge in [0, 0.05) is 79.5 Å². The van der Waals surface area contributed by atoms with Gasteiger partial charge in [0.15, 0.2) is 0 Å². The lowest BCUT2D eigenvalue weighted by Gasteiger charge is -2.47. The predicted molar refractivity (Wildman–Crippen MR) is 251 cm³/mol. The highest BCUT2D eigenvalue weighted by Gasteiger charge is 2.39. The van der Waals surface area contributed by atoms with E-state index >= 15 is 4.39 Å². The number of carbonyl (C=O) groups is 4. The first-order chi connectivity index (χ1) is 31.8. The van der Waals surface area contributed by atoms with Gasteiger partial charge in [-0.25, -0.2) is 19.2 Å². The zero-order valence-corrected chi connectivity index (χ0v) is 38.2. The van der Waals surface area contributed by atoms with Crippen LogP contribution in [0.2, 0.25) is 0 Å². The fraction of sp³-hybridized carbons (Fsp3) is 0.451. The van der Waals surface area contributed by atoms with Crippen LogP contribution in [-0.2, 0) is 16.1 Å². The lowest BCUT2D eigenvalue weighted by molar-refractivity contribution is -0.128. The number of hydrogen-bond donors (Lipinski definition) is 3. The van der Waals surface area contributed by atoms with Gasteiger partial charge in [-0.3, -0.25) is 19.3 Å². The second-order valence-electron chi connectivity index (χ2n) is 19.2. The lowest BCUT2D eigenvalue weighted by atomic mass is 9.71. The number of methoxy groups -OCH3 is 1. The van der Waals surface area contributed by atoms with Crippen LogP contribution < -0.4 is 15.0 Å². The Morgan fingerprint density at radius 2 is 1.68 bits per heavy atom. The second-order valence-corrected chi connectivity index (χ2v) is 19.2. The van der Waals surface area contributed by atoms with Crippen molar-refractivity contribution in [1.29, 1.82) is 0 Å². The van der Waals surface area contributed by atoms with E-state index in [0.717, 1.165) is 68.4 Å². The molecule has 0 bridgehead atoms. The number of aliphatic hydroxyl groups excluding tert-OH is 1. The van der Waals surface area contributed by atoms with E-state index in [1.165, 1.54) is 31.1 Å². The van der Waals surface area contributed by atoms with Crippen LogP contribution in [0.15, 0.2) is 67.0 Å². The topological polar surface area (TPSA) is 164 Å². The van der Waals surface area contributed by atoms with Crippen molar-refractivity contribution in [3.63, 3.8) is 0 Å². The summed E-state index contributed by atoms with van der Waals surface area (Å²) >= 11 is 0. The number of aliphatic hydroxyl groups is 1. The molecule has 1 spiro atoms. The number of urea groups is 1. The number of ketones is 1. The molecular weight excluding hydrogens is 840 g/mol. The molecule has 4 fully saturated rings. The highest BCUT2D eigenvalue weighted by molar-refractivity contribution is 6.09. The Morgan fingerprint density at radius 1 is 0.939 bits per heavy atom. The Bertz CT molecular complexity index is 2650. The molecule has 4 amide bonds. The highest BCUT2D eigenvalue weighted by atomic mass is 19.1.